The third kappa shape index (κ3) is 2.82. The van der Waals surface area contributed by atoms with E-state index in [4.69, 9.17) is 17.0 Å². The van der Waals surface area contributed by atoms with E-state index in [9.17, 15) is 4.79 Å². The molecule has 0 unspecified atom stereocenters. The highest BCUT2D eigenvalue weighted by molar-refractivity contribution is 7.80. The van der Waals surface area contributed by atoms with E-state index in [-0.39, 0.29) is 12.0 Å². The van der Waals surface area contributed by atoms with Crippen molar-refractivity contribution in [3.8, 4) is 0 Å². The van der Waals surface area contributed by atoms with Crippen molar-refractivity contribution >= 4 is 23.3 Å². The predicted octanol–water partition coefficient (Wildman–Crippen LogP) is 2.35. The minimum Gasteiger partial charge on any atom is -0.466 e. The topological polar surface area (TPSA) is 50.4 Å². The van der Waals surface area contributed by atoms with E-state index in [1.807, 2.05) is 38.1 Å². The fraction of sp³-hybridized carbons (Fsp3) is 0.333. The van der Waals surface area contributed by atoms with Crippen LogP contribution in [0.5, 0.6) is 0 Å². The number of methoxy groups -OCH3 is 1. The predicted molar refractivity (Wildman–Crippen MR) is 82.1 cm³/mol. The van der Waals surface area contributed by atoms with E-state index in [1.165, 1.54) is 7.11 Å². The van der Waals surface area contributed by atoms with Crippen LogP contribution in [-0.4, -0.2) is 18.2 Å². The lowest BCUT2D eigenvalue weighted by molar-refractivity contribution is -0.136. The smallest absolute Gasteiger partial charge is 0.337 e. The Balaban J connectivity index is 2.53. The lowest BCUT2D eigenvalue weighted by Crippen LogP contribution is -2.45. The Morgan fingerprint density at radius 2 is 2.20 bits per heavy atom. The molecule has 2 N–H and O–H groups in total. The highest BCUT2D eigenvalue weighted by atomic mass is 32.1. The summed E-state index contributed by atoms with van der Waals surface area (Å²) in [6.07, 6.45) is 0.689. The molecular formula is C15H18N2O2S. The van der Waals surface area contributed by atoms with Crippen LogP contribution < -0.4 is 10.6 Å². The van der Waals surface area contributed by atoms with Crippen LogP contribution >= 0.6 is 12.2 Å². The van der Waals surface area contributed by atoms with Crippen molar-refractivity contribution in [2.24, 2.45) is 0 Å². The summed E-state index contributed by atoms with van der Waals surface area (Å²) < 4.78 is 4.92. The number of nitrogens with one attached hydrogen (secondary N) is 2. The number of rotatable bonds is 3. The number of hydrogen-bond acceptors (Lipinski definition) is 3. The zero-order valence-corrected chi connectivity index (χ0v) is 12.6. The van der Waals surface area contributed by atoms with Crippen molar-refractivity contribution in [3.63, 3.8) is 0 Å². The Morgan fingerprint density at radius 3 is 2.80 bits per heavy atom. The Bertz CT molecular complexity index is 581. The molecule has 0 radical (unpaired) electrons. The van der Waals surface area contributed by atoms with Gasteiger partial charge in [-0.2, -0.15) is 0 Å². The first-order chi connectivity index (χ1) is 9.56. The molecule has 20 heavy (non-hydrogen) atoms. The number of carbonyl (C=O) groups excluding carboxylic acids is 1. The van der Waals surface area contributed by atoms with Crippen molar-refractivity contribution in [2.45, 2.75) is 26.3 Å². The summed E-state index contributed by atoms with van der Waals surface area (Å²) in [4.78, 5) is 12.1. The van der Waals surface area contributed by atoms with Gasteiger partial charge in [-0.25, -0.2) is 4.79 Å². The monoisotopic (exact) mass is 290 g/mol. The van der Waals surface area contributed by atoms with E-state index in [2.05, 4.69) is 10.6 Å². The maximum atomic E-state index is 12.1. The van der Waals surface area contributed by atoms with Gasteiger partial charge in [0.2, 0.25) is 0 Å². The van der Waals surface area contributed by atoms with Gasteiger partial charge in [0.1, 0.15) is 0 Å². The van der Waals surface area contributed by atoms with Crippen LogP contribution in [0.4, 0.5) is 0 Å². The van der Waals surface area contributed by atoms with Gasteiger partial charge in [-0.3, -0.25) is 0 Å². The normalized spacial score (nSPS) is 18.4. The zero-order valence-electron chi connectivity index (χ0n) is 11.8. The standard InChI is InChI=1S/C15H18N2O2S/c1-4-11-12(14(18)19-3)13(17-15(20)16-11)10-7-5-6-9(2)8-10/h5-8,13H,4H2,1-3H3,(H2,16,17,20)/t13-/m1/s1. The number of thiocarbonyl (C=S) groups is 1. The number of aryl methyl sites for hydroxylation is 1. The Morgan fingerprint density at radius 1 is 1.45 bits per heavy atom. The lowest BCUT2D eigenvalue weighted by Gasteiger charge is -2.30. The number of esters is 1. The third-order valence-electron chi connectivity index (χ3n) is 3.29. The molecule has 1 aliphatic rings. The van der Waals surface area contributed by atoms with Gasteiger partial charge >= 0.3 is 5.97 Å². The Hall–Kier alpha value is -1.88. The van der Waals surface area contributed by atoms with Crippen LogP contribution in [0.1, 0.15) is 30.5 Å². The summed E-state index contributed by atoms with van der Waals surface area (Å²) in [6.45, 7) is 4.00. The average Bonchev–Trinajstić information content (AvgIpc) is 2.45. The number of benzene rings is 1. The molecule has 1 aliphatic heterocycles. The van der Waals surface area contributed by atoms with Gasteiger partial charge in [0, 0.05) is 5.70 Å². The van der Waals surface area contributed by atoms with Crippen molar-refractivity contribution < 1.29 is 9.53 Å². The van der Waals surface area contributed by atoms with Gasteiger partial charge in [-0.1, -0.05) is 36.8 Å². The molecule has 0 amide bonds. The number of ether oxygens (including phenoxy) is 1. The summed E-state index contributed by atoms with van der Waals surface area (Å²) in [5, 5.41) is 6.72. The number of hydrogen-bond donors (Lipinski definition) is 2. The average molecular weight is 290 g/mol. The van der Waals surface area contributed by atoms with Gasteiger partial charge in [0.15, 0.2) is 5.11 Å². The van der Waals surface area contributed by atoms with E-state index >= 15 is 0 Å². The molecular weight excluding hydrogens is 272 g/mol. The Labute approximate surface area is 124 Å². The molecule has 1 aromatic rings. The molecule has 2 rings (SSSR count). The first-order valence-electron chi connectivity index (χ1n) is 6.52. The molecule has 0 bridgehead atoms. The van der Waals surface area contributed by atoms with Crippen molar-refractivity contribution in [1.29, 1.82) is 0 Å². The second kappa shape index (κ2) is 6.05. The summed E-state index contributed by atoms with van der Waals surface area (Å²) >= 11 is 5.23. The van der Waals surface area contributed by atoms with Crippen LogP contribution in [0, 0.1) is 6.92 Å². The van der Waals surface area contributed by atoms with Crippen LogP contribution in [0.3, 0.4) is 0 Å². The highest BCUT2D eigenvalue weighted by Gasteiger charge is 2.31. The first kappa shape index (κ1) is 14.5. The van der Waals surface area contributed by atoms with E-state index in [1.54, 1.807) is 0 Å². The molecule has 5 heteroatoms. The SMILES string of the molecule is CCC1=C(C(=O)OC)[C@@H](c2cccc(C)c2)NC(=S)N1. The maximum absolute atomic E-state index is 12.1. The molecule has 0 saturated heterocycles. The fourth-order valence-corrected chi connectivity index (χ4v) is 2.59. The second-order valence-corrected chi connectivity index (χ2v) is 5.09. The van der Waals surface area contributed by atoms with Crippen LogP contribution in [-0.2, 0) is 9.53 Å². The van der Waals surface area contributed by atoms with E-state index < -0.39 is 0 Å². The van der Waals surface area contributed by atoms with Gasteiger partial charge in [-0.05, 0) is 31.1 Å². The third-order valence-corrected chi connectivity index (χ3v) is 3.51. The summed E-state index contributed by atoms with van der Waals surface area (Å²) in [6, 6.07) is 7.74. The number of allylic oxidation sites excluding steroid dienone is 1. The molecule has 0 fully saturated rings. The molecule has 1 aromatic carbocycles. The van der Waals surface area contributed by atoms with E-state index in [0.717, 1.165) is 16.8 Å². The lowest BCUT2D eigenvalue weighted by atomic mass is 9.93. The molecule has 4 nitrogen and oxygen atoms in total. The molecule has 1 atom stereocenters. The van der Waals surface area contributed by atoms with Crippen molar-refractivity contribution in [3.05, 3.63) is 46.7 Å². The van der Waals surface area contributed by atoms with Crippen LogP contribution in [0.15, 0.2) is 35.5 Å². The molecule has 1 heterocycles. The minimum absolute atomic E-state index is 0.272. The minimum atomic E-state index is -0.337. The summed E-state index contributed by atoms with van der Waals surface area (Å²) in [7, 11) is 1.39. The number of carbonyl (C=O) groups is 1. The summed E-state index contributed by atoms with van der Waals surface area (Å²) in [5.74, 6) is -0.337. The maximum Gasteiger partial charge on any atom is 0.337 e. The van der Waals surface area contributed by atoms with Gasteiger partial charge in [-0.15, -0.1) is 0 Å². The second-order valence-electron chi connectivity index (χ2n) is 4.68. The Kier molecular flexibility index (Phi) is 4.39. The van der Waals surface area contributed by atoms with Crippen molar-refractivity contribution in [2.75, 3.05) is 7.11 Å². The van der Waals surface area contributed by atoms with Gasteiger partial charge in [0.05, 0.1) is 18.7 Å². The zero-order chi connectivity index (χ0) is 14.7. The molecule has 0 aliphatic carbocycles. The molecule has 106 valence electrons. The van der Waals surface area contributed by atoms with Gasteiger partial charge in [0.25, 0.3) is 0 Å². The quantitative estimate of drug-likeness (QED) is 0.661. The molecule has 0 saturated carbocycles. The molecule has 0 spiro atoms. The van der Waals surface area contributed by atoms with Crippen molar-refractivity contribution in [1.82, 2.24) is 10.6 Å². The largest absolute Gasteiger partial charge is 0.466 e. The summed E-state index contributed by atoms with van der Waals surface area (Å²) in [5.41, 5.74) is 3.54. The van der Waals surface area contributed by atoms with Crippen LogP contribution in [0.2, 0.25) is 0 Å². The van der Waals surface area contributed by atoms with Gasteiger partial charge < -0.3 is 15.4 Å². The van der Waals surface area contributed by atoms with E-state index in [0.29, 0.717) is 17.1 Å². The first-order valence-corrected chi connectivity index (χ1v) is 6.93. The molecule has 0 aromatic heterocycles. The fourth-order valence-electron chi connectivity index (χ4n) is 2.35. The highest BCUT2D eigenvalue weighted by Crippen LogP contribution is 2.29. The van der Waals surface area contributed by atoms with Crippen LogP contribution in [0.25, 0.3) is 0 Å².